The molecule has 2 aromatic rings. The van der Waals surface area contributed by atoms with E-state index in [1.54, 1.807) is 12.1 Å². The van der Waals surface area contributed by atoms with Gasteiger partial charge in [0.25, 0.3) is 0 Å². The van der Waals surface area contributed by atoms with E-state index in [1.165, 1.54) is 6.07 Å². The van der Waals surface area contributed by atoms with Gasteiger partial charge in [-0.2, -0.15) is 0 Å². The molecule has 0 aliphatic carbocycles. The molecule has 110 valence electrons. The summed E-state index contributed by atoms with van der Waals surface area (Å²) in [6.07, 6.45) is 1.32. The highest BCUT2D eigenvalue weighted by molar-refractivity contribution is 5.44. The minimum Gasteiger partial charge on any atom is -0.490 e. The van der Waals surface area contributed by atoms with Gasteiger partial charge >= 0.3 is 0 Å². The molecule has 1 aliphatic rings. The zero-order valence-electron chi connectivity index (χ0n) is 11.7. The lowest BCUT2D eigenvalue weighted by atomic mass is 9.99. The van der Waals surface area contributed by atoms with E-state index in [9.17, 15) is 4.39 Å². The Kier molecular flexibility index (Phi) is 4.06. The van der Waals surface area contributed by atoms with Gasteiger partial charge in [0.05, 0.1) is 13.2 Å². The zero-order chi connectivity index (χ0) is 14.7. The Balaban J connectivity index is 1.80. The van der Waals surface area contributed by atoms with Crippen LogP contribution in [0.4, 0.5) is 4.39 Å². The first-order chi connectivity index (χ1) is 10.2. The summed E-state index contributed by atoms with van der Waals surface area (Å²) in [5.74, 6) is 1.24. The molecule has 0 saturated carbocycles. The maximum atomic E-state index is 13.7. The lowest BCUT2D eigenvalue weighted by Gasteiger charge is -2.15. The number of ether oxygens (including phenoxy) is 2. The van der Waals surface area contributed by atoms with E-state index < -0.39 is 0 Å². The van der Waals surface area contributed by atoms with Crippen molar-refractivity contribution in [3.05, 3.63) is 59.4 Å². The Labute approximate surface area is 123 Å². The summed E-state index contributed by atoms with van der Waals surface area (Å²) in [7, 11) is 0. The lowest BCUT2D eigenvalue weighted by Crippen LogP contribution is -2.14. The van der Waals surface area contributed by atoms with Crippen LogP contribution in [0.1, 0.15) is 23.6 Å². The third-order valence-corrected chi connectivity index (χ3v) is 3.60. The van der Waals surface area contributed by atoms with Crippen LogP contribution >= 0.6 is 0 Å². The molecule has 0 radical (unpaired) electrons. The molecule has 2 N–H and O–H groups in total. The van der Waals surface area contributed by atoms with Crippen molar-refractivity contribution in [3.8, 4) is 11.5 Å². The summed E-state index contributed by atoms with van der Waals surface area (Å²) in [5.41, 5.74) is 7.75. The molecule has 0 spiro atoms. The first-order valence-electron chi connectivity index (χ1n) is 7.12. The maximum Gasteiger partial charge on any atom is 0.161 e. The smallest absolute Gasteiger partial charge is 0.161 e. The molecule has 3 nitrogen and oxygen atoms in total. The minimum absolute atomic E-state index is 0.220. The van der Waals surface area contributed by atoms with Gasteiger partial charge < -0.3 is 15.2 Å². The molecule has 1 heterocycles. The van der Waals surface area contributed by atoms with Crippen molar-refractivity contribution in [2.75, 3.05) is 13.2 Å². The Hall–Kier alpha value is -2.07. The van der Waals surface area contributed by atoms with Gasteiger partial charge in [0.15, 0.2) is 11.5 Å². The average molecular weight is 287 g/mol. The molecule has 21 heavy (non-hydrogen) atoms. The predicted molar refractivity (Wildman–Crippen MR) is 79.1 cm³/mol. The first kappa shape index (κ1) is 13.9. The van der Waals surface area contributed by atoms with Crippen molar-refractivity contribution in [1.29, 1.82) is 0 Å². The highest BCUT2D eigenvalue weighted by Crippen LogP contribution is 2.32. The maximum absolute atomic E-state index is 13.7. The average Bonchev–Trinajstić information content (AvgIpc) is 2.74. The van der Waals surface area contributed by atoms with Crippen LogP contribution in [0.3, 0.4) is 0 Å². The van der Waals surface area contributed by atoms with Gasteiger partial charge in [-0.1, -0.05) is 24.3 Å². The second-order valence-corrected chi connectivity index (χ2v) is 5.16. The molecule has 1 unspecified atom stereocenters. The number of halogens is 1. The number of rotatable bonds is 3. The molecule has 3 rings (SSSR count). The van der Waals surface area contributed by atoms with Gasteiger partial charge in [0.2, 0.25) is 0 Å². The number of fused-ring (bicyclic) bond motifs is 1. The molecule has 1 aliphatic heterocycles. The topological polar surface area (TPSA) is 44.5 Å². The third kappa shape index (κ3) is 3.16. The molecule has 0 saturated heterocycles. The summed E-state index contributed by atoms with van der Waals surface area (Å²) in [5, 5.41) is 0. The fraction of sp³-hybridized carbons (Fsp3) is 0.294. The first-order valence-corrected chi connectivity index (χ1v) is 7.12. The van der Waals surface area contributed by atoms with Crippen molar-refractivity contribution in [1.82, 2.24) is 0 Å². The van der Waals surface area contributed by atoms with Crippen molar-refractivity contribution in [3.63, 3.8) is 0 Å². The van der Waals surface area contributed by atoms with E-state index in [2.05, 4.69) is 0 Å². The predicted octanol–water partition coefficient (Wildman–Crippen LogP) is 3.23. The van der Waals surface area contributed by atoms with Crippen LogP contribution in [0.15, 0.2) is 42.5 Å². The minimum atomic E-state index is -0.279. The Morgan fingerprint density at radius 2 is 1.81 bits per heavy atom. The summed E-state index contributed by atoms with van der Waals surface area (Å²) < 4.78 is 24.9. The van der Waals surface area contributed by atoms with E-state index in [-0.39, 0.29) is 11.9 Å². The van der Waals surface area contributed by atoms with E-state index in [0.29, 0.717) is 30.9 Å². The van der Waals surface area contributed by atoms with Gasteiger partial charge in [-0.05, 0) is 35.7 Å². The summed E-state index contributed by atoms with van der Waals surface area (Å²) in [6, 6.07) is 12.1. The van der Waals surface area contributed by atoms with Crippen LogP contribution in [-0.4, -0.2) is 13.2 Å². The fourth-order valence-electron chi connectivity index (χ4n) is 2.43. The fourth-order valence-corrected chi connectivity index (χ4v) is 2.43. The summed E-state index contributed by atoms with van der Waals surface area (Å²) in [6.45, 7) is 1.30. The molecule has 0 amide bonds. The van der Waals surface area contributed by atoms with Crippen LogP contribution in [0, 0.1) is 5.82 Å². The highest BCUT2D eigenvalue weighted by Gasteiger charge is 2.15. The molecule has 1 atom stereocenters. The van der Waals surface area contributed by atoms with Crippen LogP contribution in [0.2, 0.25) is 0 Å². The van der Waals surface area contributed by atoms with E-state index >= 15 is 0 Å². The van der Waals surface area contributed by atoms with Gasteiger partial charge in [-0.3, -0.25) is 0 Å². The molecule has 0 aromatic heterocycles. The standard InChI is InChI=1S/C17H18FNO2/c18-14-5-2-1-4-12(14)10-15(19)13-6-7-16-17(11-13)21-9-3-8-20-16/h1-2,4-7,11,15H,3,8-10,19H2. The molecule has 0 fully saturated rings. The normalized spacial score (nSPS) is 15.3. The van der Waals surface area contributed by atoms with Crippen molar-refractivity contribution in [2.45, 2.75) is 18.9 Å². The molecule has 2 aromatic carbocycles. The van der Waals surface area contributed by atoms with Gasteiger partial charge in [-0.15, -0.1) is 0 Å². The van der Waals surface area contributed by atoms with Gasteiger partial charge in [0, 0.05) is 12.5 Å². The van der Waals surface area contributed by atoms with Crippen LogP contribution in [0.5, 0.6) is 11.5 Å². The SMILES string of the molecule is NC(Cc1ccccc1F)c1ccc2c(c1)OCCCO2. The number of benzene rings is 2. The molecular weight excluding hydrogens is 269 g/mol. The quantitative estimate of drug-likeness (QED) is 0.942. The summed E-state index contributed by atoms with van der Waals surface area (Å²) >= 11 is 0. The largest absolute Gasteiger partial charge is 0.490 e. The van der Waals surface area contributed by atoms with Crippen LogP contribution in [-0.2, 0) is 6.42 Å². The number of hydrogen-bond donors (Lipinski definition) is 1. The van der Waals surface area contributed by atoms with E-state index in [1.807, 2.05) is 24.3 Å². The molecule has 4 heteroatoms. The van der Waals surface area contributed by atoms with Crippen LogP contribution < -0.4 is 15.2 Å². The number of hydrogen-bond acceptors (Lipinski definition) is 3. The van der Waals surface area contributed by atoms with Crippen molar-refractivity contribution in [2.24, 2.45) is 5.73 Å². The summed E-state index contributed by atoms with van der Waals surface area (Å²) in [4.78, 5) is 0. The lowest BCUT2D eigenvalue weighted by molar-refractivity contribution is 0.297. The van der Waals surface area contributed by atoms with Gasteiger partial charge in [-0.25, -0.2) is 4.39 Å². The third-order valence-electron chi connectivity index (χ3n) is 3.60. The monoisotopic (exact) mass is 287 g/mol. The highest BCUT2D eigenvalue weighted by atomic mass is 19.1. The second-order valence-electron chi connectivity index (χ2n) is 5.16. The Morgan fingerprint density at radius 3 is 2.62 bits per heavy atom. The second kappa shape index (κ2) is 6.14. The van der Waals surface area contributed by atoms with Gasteiger partial charge in [0.1, 0.15) is 5.82 Å². The zero-order valence-corrected chi connectivity index (χ0v) is 11.7. The molecule has 0 bridgehead atoms. The Morgan fingerprint density at radius 1 is 1.05 bits per heavy atom. The van der Waals surface area contributed by atoms with Crippen molar-refractivity contribution >= 4 is 0 Å². The van der Waals surface area contributed by atoms with E-state index in [4.69, 9.17) is 15.2 Å². The Bertz CT molecular complexity index is 630. The van der Waals surface area contributed by atoms with Crippen LogP contribution in [0.25, 0.3) is 0 Å². The molecular formula is C17H18FNO2. The number of nitrogens with two attached hydrogens (primary N) is 1. The van der Waals surface area contributed by atoms with Crippen molar-refractivity contribution < 1.29 is 13.9 Å². The van der Waals surface area contributed by atoms with E-state index in [0.717, 1.165) is 17.7 Å².